The first-order valence-corrected chi connectivity index (χ1v) is 11.8. The monoisotopic (exact) mass is 511 g/mol. The number of aromatic nitrogens is 3. The molecule has 0 spiro atoms. The molecule has 190 valence electrons. The van der Waals surface area contributed by atoms with Crippen LogP contribution in [-0.4, -0.2) is 34.2 Å². The Hall–Kier alpha value is -4.85. The minimum absolute atomic E-state index is 0.0401. The highest BCUT2D eigenvalue weighted by atomic mass is 19.2. The number of rotatable bonds is 8. The number of esters is 1. The lowest BCUT2D eigenvalue weighted by molar-refractivity contribution is -0.134. The average Bonchev–Trinajstić information content (AvgIpc) is 3.36. The highest BCUT2D eigenvalue weighted by Gasteiger charge is 2.17. The quantitative estimate of drug-likeness (QED) is 0.185. The Morgan fingerprint density at radius 1 is 0.921 bits per heavy atom. The van der Waals surface area contributed by atoms with Crippen molar-refractivity contribution in [3.8, 4) is 39.7 Å². The Bertz CT molecular complexity index is 1560. The molecule has 0 saturated carbocycles. The van der Waals surface area contributed by atoms with Crippen molar-refractivity contribution in [3.63, 3.8) is 0 Å². The third-order valence-corrected chi connectivity index (χ3v) is 5.93. The van der Waals surface area contributed by atoms with E-state index < -0.39 is 17.6 Å². The van der Waals surface area contributed by atoms with Crippen molar-refractivity contribution in [2.45, 2.75) is 6.54 Å². The average molecular weight is 512 g/mol. The van der Waals surface area contributed by atoms with E-state index in [1.807, 2.05) is 47.3 Å². The molecule has 2 heterocycles. The maximum atomic E-state index is 14.2. The smallest absolute Gasteiger partial charge is 0.330 e. The second-order valence-electron chi connectivity index (χ2n) is 8.49. The molecule has 0 aromatic heterocycles. The van der Waals surface area contributed by atoms with Gasteiger partial charge in [0.15, 0.2) is 17.5 Å². The molecule has 0 saturated heterocycles. The molecule has 2 aliphatic rings. The van der Waals surface area contributed by atoms with Crippen molar-refractivity contribution in [2.75, 3.05) is 13.7 Å². The number of fused-ring (bicyclic) bond motifs is 1. The van der Waals surface area contributed by atoms with Gasteiger partial charge in [-0.1, -0.05) is 42.5 Å². The Morgan fingerprint density at radius 3 is 2.37 bits per heavy atom. The molecule has 0 atom stereocenters. The lowest BCUT2D eigenvalue weighted by Crippen LogP contribution is -2.00. The van der Waals surface area contributed by atoms with Crippen molar-refractivity contribution in [2.24, 2.45) is 0 Å². The summed E-state index contributed by atoms with van der Waals surface area (Å²) in [6.07, 6.45) is 6.65. The van der Waals surface area contributed by atoms with Crippen molar-refractivity contribution in [1.29, 1.82) is 0 Å². The van der Waals surface area contributed by atoms with Gasteiger partial charge < -0.3 is 14.0 Å². The number of benzene rings is 3. The Kier molecular flexibility index (Phi) is 7.21. The van der Waals surface area contributed by atoms with Crippen LogP contribution < -0.4 is 4.74 Å². The number of imidazole rings is 1. The van der Waals surface area contributed by atoms with E-state index in [2.05, 4.69) is 39.0 Å². The van der Waals surface area contributed by atoms with Gasteiger partial charge in [-0.3, -0.25) is 0 Å². The Labute approximate surface area is 218 Å². The number of hydrogen-bond acceptors (Lipinski definition) is 5. The number of nitrogens with zero attached hydrogens (tertiary/aromatic N) is 3. The number of methoxy groups -OCH3 is 1. The molecule has 0 N–H and O–H groups in total. The molecule has 6 nitrogen and oxygen atoms in total. The largest absolute Gasteiger partial charge is 0.490 e. The van der Waals surface area contributed by atoms with Crippen LogP contribution in [-0.2, 0) is 16.1 Å². The van der Waals surface area contributed by atoms with E-state index in [0.717, 1.165) is 22.8 Å². The summed E-state index contributed by atoms with van der Waals surface area (Å²) in [4.78, 5) is 19.8. The van der Waals surface area contributed by atoms with Crippen LogP contribution in [0.5, 0.6) is 5.75 Å². The zero-order chi connectivity index (χ0) is 26.5. The van der Waals surface area contributed by atoms with Crippen molar-refractivity contribution in [3.05, 3.63) is 115 Å². The highest BCUT2D eigenvalue weighted by Crippen LogP contribution is 2.28. The van der Waals surface area contributed by atoms with E-state index in [1.54, 1.807) is 6.08 Å². The van der Waals surface area contributed by atoms with Gasteiger partial charge >= 0.3 is 5.97 Å². The van der Waals surface area contributed by atoms with Crippen molar-refractivity contribution in [1.82, 2.24) is 14.5 Å². The molecule has 38 heavy (non-hydrogen) atoms. The first-order chi connectivity index (χ1) is 18.5. The van der Waals surface area contributed by atoms with E-state index in [1.165, 1.54) is 25.3 Å². The van der Waals surface area contributed by atoms with Gasteiger partial charge in [0.25, 0.3) is 0 Å². The van der Waals surface area contributed by atoms with E-state index in [0.29, 0.717) is 23.7 Å². The van der Waals surface area contributed by atoms with E-state index in [4.69, 9.17) is 4.74 Å². The molecular formula is C30H23F2N3O3. The van der Waals surface area contributed by atoms with Gasteiger partial charge in [-0.2, -0.15) is 0 Å². The summed E-state index contributed by atoms with van der Waals surface area (Å²) in [7, 11) is 1.33. The van der Waals surface area contributed by atoms with Crippen molar-refractivity contribution < 1.29 is 23.0 Å². The zero-order valence-electron chi connectivity index (χ0n) is 20.5. The van der Waals surface area contributed by atoms with Crippen LogP contribution in [0.1, 0.15) is 5.56 Å². The fourth-order valence-electron chi connectivity index (χ4n) is 3.96. The number of ether oxygens (including phenoxy) is 2. The summed E-state index contributed by atoms with van der Waals surface area (Å²) in [5.41, 5.74) is 4.46. The van der Waals surface area contributed by atoms with Crippen LogP contribution in [0.15, 0.2) is 97.3 Å². The van der Waals surface area contributed by atoms with Crippen LogP contribution in [0.25, 0.3) is 33.9 Å². The first kappa shape index (κ1) is 24.8. The second kappa shape index (κ2) is 11.0. The lowest BCUT2D eigenvalue weighted by Gasteiger charge is -2.10. The highest BCUT2D eigenvalue weighted by molar-refractivity contribution is 5.81. The van der Waals surface area contributed by atoms with Gasteiger partial charge in [0.1, 0.15) is 18.1 Å². The van der Waals surface area contributed by atoms with Crippen molar-refractivity contribution >= 4 is 5.97 Å². The standard InChI is InChI=1S/C30H23F2N3O3/c1-37-28(36)6-3-17-38-23-13-11-22(12-14-23)21-9-7-20(8-10-21)18-35-16-15-26-27(19-35)34-30(33-26)24-4-2-5-25(31)29(24)32/h2-16,19H,17-18H2,1H3/b6-3+. The van der Waals surface area contributed by atoms with Gasteiger partial charge in [0.2, 0.25) is 0 Å². The van der Waals surface area contributed by atoms with Gasteiger partial charge in [0.05, 0.1) is 18.4 Å². The number of carbonyl (C=O) groups is 1. The van der Waals surface area contributed by atoms with Crippen LogP contribution >= 0.6 is 0 Å². The fourth-order valence-corrected chi connectivity index (χ4v) is 3.96. The Morgan fingerprint density at radius 2 is 1.63 bits per heavy atom. The normalized spacial score (nSPS) is 11.2. The zero-order valence-corrected chi connectivity index (χ0v) is 20.5. The second-order valence-corrected chi connectivity index (χ2v) is 8.49. The maximum absolute atomic E-state index is 14.2. The molecule has 2 aliphatic heterocycles. The van der Waals surface area contributed by atoms with Gasteiger partial charge in [-0.05, 0) is 53.1 Å². The molecular weight excluding hydrogens is 488 g/mol. The summed E-state index contributed by atoms with van der Waals surface area (Å²) < 4.78 is 39.9. The summed E-state index contributed by atoms with van der Waals surface area (Å²) in [5.74, 6) is -1.44. The minimum Gasteiger partial charge on any atom is -0.490 e. The van der Waals surface area contributed by atoms with E-state index in [9.17, 15) is 13.6 Å². The number of hydrogen-bond donors (Lipinski definition) is 0. The predicted octanol–water partition coefficient (Wildman–Crippen LogP) is 6.15. The minimum atomic E-state index is -0.953. The topological polar surface area (TPSA) is 66.2 Å². The predicted molar refractivity (Wildman–Crippen MR) is 140 cm³/mol. The molecule has 0 bridgehead atoms. The fraction of sp³-hybridized carbons (Fsp3) is 0.100. The molecule has 0 fully saturated rings. The summed E-state index contributed by atoms with van der Waals surface area (Å²) >= 11 is 0. The van der Waals surface area contributed by atoms with Gasteiger partial charge in [-0.15, -0.1) is 0 Å². The SMILES string of the molecule is COC(=O)/C=C/COc1ccc(-c2ccc(Cn3ccc4nc(-c5cccc(F)c5F)nc-4c3)cc2)cc1. The van der Waals surface area contributed by atoms with E-state index in [-0.39, 0.29) is 18.0 Å². The third-order valence-electron chi connectivity index (χ3n) is 5.93. The molecule has 8 heteroatoms. The lowest BCUT2D eigenvalue weighted by atomic mass is 10.0. The number of carbonyl (C=O) groups excluding carboxylic acids is 1. The summed E-state index contributed by atoms with van der Waals surface area (Å²) in [6.45, 7) is 0.879. The third kappa shape index (κ3) is 5.59. The molecule has 0 radical (unpaired) electrons. The molecule has 5 rings (SSSR count). The molecule has 3 aromatic carbocycles. The number of pyridine rings is 1. The molecule has 0 amide bonds. The van der Waals surface area contributed by atoms with Crippen LogP contribution in [0.4, 0.5) is 8.78 Å². The van der Waals surface area contributed by atoms with Crippen LogP contribution in [0.3, 0.4) is 0 Å². The summed E-state index contributed by atoms with van der Waals surface area (Å²) in [6, 6.07) is 21.7. The molecule has 3 aromatic rings. The van der Waals surface area contributed by atoms with Gasteiger partial charge in [0, 0.05) is 25.0 Å². The van der Waals surface area contributed by atoms with E-state index >= 15 is 0 Å². The van der Waals surface area contributed by atoms with Gasteiger partial charge in [-0.25, -0.2) is 23.5 Å². The first-order valence-electron chi connectivity index (χ1n) is 11.8. The number of halogens is 2. The van der Waals surface area contributed by atoms with Crippen LogP contribution in [0.2, 0.25) is 0 Å². The maximum Gasteiger partial charge on any atom is 0.330 e. The van der Waals surface area contributed by atoms with Crippen LogP contribution in [0, 0.1) is 11.6 Å². The molecule has 0 unspecified atom stereocenters. The Balaban J connectivity index is 1.24. The molecule has 0 aliphatic carbocycles. The summed E-state index contributed by atoms with van der Waals surface area (Å²) in [5, 5.41) is 0.